The smallest absolute Gasteiger partial charge is 0.409 e. The van der Waals surface area contributed by atoms with E-state index in [2.05, 4.69) is 30.9 Å². The standard InChI is InChI=1S/C24H25NO3Si/c1-29(2,22-16-10-5-11-17-22)19-18-23(20-12-6-3-7-13-20)25(27)24(26)28-21-14-8-4-9-15-21/h3-19,23,27H,1-2H3/b19-18+. The summed E-state index contributed by atoms with van der Waals surface area (Å²) in [5.41, 5.74) is 2.94. The van der Waals surface area contributed by atoms with Gasteiger partial charge in [-0.05, 0) is 17.7 Å². The highest BCUT2D eigenvalue weighted by molar-refractivity contribution is 6.93. The van der Waals surface area contributed by atoms with Gasteiger partial charge in [-0.3, -0.25) is 5.21 Å². The van der Waals surface area contributed by atoms with Crippen LogP contribution >= 0.6 is 0 Å². The Hall–Kier alpha value is -3.15. The third kappa shape index (κ3) is 5.44. The van der Waals surface area contributed by atoms with Crippen LogP contribution in [0.4, 0.5) is 4.79 Å². The molecule has 0 heterocycles. The molecule has 0 fully saturated rings. The molecule has 0 saturated carbocycles. The van der Waals surface area contributed by atoms with Crippen LogP contribution in [0, 0.1) is 0 Å². The van der Waals surface area contributed by atoms with Crippen LogP contribution in [-0.2, 0) is 0 Å². The van der Waals surface area contributed by atoms with E-state index in [1.165, 1.54) is 5.19 Å². The lowest BCUT2D eigenvalue weighted by Gasteiger charge is -2.25. The lowest BCUT2D eigenvalue weighted by atomic mass is 10.1. The van der Waals surface area contributed by atoms with Gasteiger partial charge in [-0.2, -0.15) is 5.06 Å². The van der Waals surface area contributed by atoms with Crippen LogP contribution in [0.1, 0.15) is 11.6 Å². The van der Waals surface area contributed by atoms with Gasteiger partial charge in [0.05, 0.1) is 0 Å². The monoisotopic (exact) mass is 403 g/mol. The predicted molar refractivity (Wildman–Crippen MR) is 118 cm³/mol. The number of carbonyl (C=O) groups excluding carboxylic acids is 1. The van der Waals surface area contributed by atoms with Crippen molar-refractivity contribution < 1.29 is 14.7 Å². The van der Waals surface area contributed by atoms with Crippen LogP contribution < -0.4 is 9.92 Å². The van der Waals surface area contributed by atoms with E-state index in [4.69, 9.17) is 4.74 Å². The molecule has 29 heavy (non-hydrogen) atoms. The largest absolute Gasteiger partial charge is 0.440 e. The van der Waals surface area contributed by atoms with Crippen molar-refractivity contribution in [3.63, 3.8) is 0 Å². The zero-order valence-corrected chi connectivity index (χ0v) is 17.6. The quantitative estimate of drug-likeness (QED) is 0.344. The second kappa shape index (κ2) is 9.36. The number of amides is 1. The zero-order valence-electron chi connectivity index (χ0n) is 16.6. The first-order chi connectivity index (χ1) is 14.0. The molecule has 1 N–H and O–H groups in total. The first-order valence-electron chi connectivity index (χ1n) is 9.52. The Balaban J connectivity index is 1.86. The van der Waals surface area contributed by atoms with E-state index in [-0.39, 0.29) is 0 Å². The van der Waals surface area contributed by atoms with E-state index in [0.29, 0.717) is 10.8 Å². The first kappa shape index (κ1) is 20.6. The summed E-state index contributed by atoms with van der Waals surface area (Å²) in [6, 6.07) is 27.8. The van der Waals surface area contributed by atoms with Crippen LogP contribution in [0.5, 0.6) is 5.75 Å². The number of ether oxygens (including phenoxy) is 1. The molecule has 1 atom stereocenters. The minimum absolute atomic E-state index is 0.381. The molecular weight excluding hydrogens is 378 g/mol. The normalized spacial score (nSPS) is 12.5. The Kier molecular flexibility index (Phi) is 6.64. The van der Waals surface area contributed by atoms with Crippen molar-refractivity contribution >= 4 is 19.4 Å². The average Bonchev–Trinajstić information content (AvgIpc) is 2.76. The summed E-state index contributed by atoms with van der Waals surface area (Å²) >= 11 is 0. The molecule has 3 aromatic carbocycles. The van der Waals surface area contributed by atoms with Crippen molar-refractivity contribution in [1.82, 2.24) is 5.06 Å². The van der Waals surface area contributed by atoms with Gasteiger partial charge in [-0.15, -0.1) is 0 Å². The molecular formula is C24H25NO3Si. The first-order valence-corrected chi connectivity index (χ1v) is 12.6. The second-order valence-corrected chi connectivity index (χ2v) is 11.7. The Morgan fingerprint density at radius 2 is 1.41 bits per heavy atom. The molecule has 5 heteroatoms. The molecule has 4 nitrogen and oxygen atoms in total. The number of rotatable bonds is 6. The second-order valence-electron chi connectivity index (χ2n) is 7.33. The minimum atomic E-state index is -1.90. The number of benzene rings is 3. The van der Waals surface area contributed by atoms with Crippen molar-refractivity contribution in [3.8, 4) is 5.75 Å². The van der Waals surface area contributed by atoms with Crippen LogP contribution in [0.25, 0.3) is 0 Å². The summed E-state index contributed by atoms with van der Waals surface area (Å²) in [5, 5.41) is 12.6. The van der Waals surface area contributed by atoms with Gasteiger partial charge in [0.25, 0.3) is 0 Å². The summed E-state index contributed by atoms with van der Waals surface area (Å²) in [4.78, 5) is 12.6. The number of para-hydroxylation sites is 1. The maximum Gasteiger partial charge on any atom is 0.440 e. The fourth-order valence-corrected chi connectivity index (χ4v) is 4.94. The van der Waals surface area contributed by atoms with Crippen molar-refractivity contribution in [2.75, 3.05) is 0 Å². The lowest BCUT2D eigenvalue weighted by molar-refractivity contribution is -0.0818. The average molecular weight is 404 g/mol. The molecule has 0 aliphatic heterocycles. The predicted octanol–water partition coefficient (Wildman–Crippen LogP) is 5.33. The van der Waals surface area contributed by atoms with E-state index in [9.17, 15) is 10.0 Å². The van der Waals surface area contributed by atoms with Crippen LogP contribution in [0.2, 0.25) is 13.1 Å². The number of nitrogens with zero attached hydrogens (tertiary/aromatic N) is 1. The third-order valence-electron chi connectivity index (χ3n) is 4.75. The highest BCUT2D eigenvalue weighted by atomic mass is 28.3. The third-order valence-corrected chi connectivity index (χ3v) is 7.60. The summed E-state index contributed by atoms with van der Waals surface area (Å²) < 4.78 is 5.31. The molecule has 0 saturated heterocycles. The SMILES string of the molecule is C[Si](C)(/C=C/C(c1ccccc1)N(O)C(=O)Oc1ccccc1)c1ccccc1. The molecule has 0 bridgehead atoms. The Morgan fingerprint density at radius 3 is 2.00 bits per heavy atom. The Morgan fingerprint density at radius 1 is 0.897 bits per heavy atom. The minimum Gasteiger partial charge on any atom is -0.409 e. The van der Waals surface area contributed by atoms with E-state index in [0.717, 1.165) is 5.56 Å². The topological polar surface area (TPSA) is 49.8 Å². The molecule has 0 aromatic heterocycles. The maximum atomic E-state index is 12.6. The summed E-state index contributed by atoms with van der Waals surface area (Å²) in [5.74, 6) is 0.381. The van der Waals surface area contributed by atoms with Crippen molar-refractivity contribution in [1.29, 1.82) is 0 Å². The molecule has 3 aromatic rings. The zero-order chi connectivity index (χ0) is 20.7. The molecule has 0 radical (unpaired) electrons. The summed E-state index contributed by atoms with van der Waals surface area (Å²) in [6.07, 6.45) is 1.06. The van der Waals surface area contributed by atoms with Crippen molar-refractivity contribution in [2.24, 2.45) is 0 Å². The van der Waals surface area contributed by atoms with Gasteiger partial charge < -0.3 is 4.74 Å². The molecule has 0 aliphatic rings. The van der Waals surface area contributed by atoms with Crippen LogP contribution in [0.15, 0.2) is 103 Å². The van der Waals surface area contributed by atoms with Gasteiger partial charge in [0.1, 0.15) is 19.9 Å². The summed E-state index contributed by atoms with van der Waals surface area (Å²) in [7, 11) is -1.90. The molecule has 148 valence electrons. The van der Waals surface area contributed by atoms with Crippen LogP contribution in [-0.4, -0.2) is 24.4 Å². The molecule has 0 aliphatic carbocycles. The molecule has 1 unspecified atom stereocenters. The number of hydrogen-bond donors (Lipinski definition) is 1. The van der Waals surface area contributed by atoms with Crippen LogP contribution in [0.3, 0.4) is 0 Å². The fraction of sp³-hybridized carbons (Fsp3) is 0.125. The highest BCUT2D eigenvalue weighted by Crippen LogP contribution is 2.23. The lowest BCUT2D eigenvalue weighted by Crippen LogP contribution is -2.40. The fourth-order valence-electron chi connectivity index (χ4n) is 3.03. The van der Waals surface area contributed by atoms with E-state index in [1.807, 2.05) is 60.7 Å². The van der Waals surface area contributed by atoms with Gasteiger partial charge in [0.2, 0.25) is 0 Å². The number of carbonyl (C=O) groups is 1. The van der Waals surface area contributed by atoms with Crippen molar-refractivity contribution in [3.05, 3.63) is 108 Å². The van der Waals surface area contributed by atoms with Gasteiger partial charge in [-0.25, -0.2) is 4.79 Å². The number of hydroxylamine groups is 2. The van der Waals surface area contributed by atoms with E-state index in [1.54, 1.807) is 24.3 Å². The van der Waals surface area contributed by atoms with Gasteiger partial charge in [-0.1, -0.05) is 109 Å². The van der Waals surface area contributed by atoms with Gasteiger partial charge in [0.15, 0.2) is 0 Å². The van der Waals surface area contributed by atoms with E-state index < -0.39 is 20.2 Å². The van der Waals surface area contributed by atoms with Crippen molar-refractivity contribution in [2.45, 2.75) is 19.1 Å². The maximum absolute atomic E-state index is 12.6. The van der Waals surface area contributed by atoms with E-state index >= 15 is 0 Å². The Labute approximate surface area is 172 Å². The number of hydrogen-bond acceptors (Lipinski definition) is 3. The van der Waals surface area contributed by atoms with Gasteiger partial charge in [0, 0.05) is 0 Å². The van der Waals surface area contributed by atoms with Gasteiger partial charge >= 0.3 is 6.09 Å². The summed E-state index contributed by atoms with van der Waals surface area (Å²) in [6.45, 7) is 4.45. The molecule has 0 spiro atoms. The molecule has 1 amide bonds. The molecule has 3 rings (SSSR count). The highest BCUT2D eigenvalue weighted by Gasteiger charge is 2.26. The Bertz CT molecular complexity index is 944.